The molecule has 1 N–H and O–H groups in total. The molecule has 1 amide bonds. The molecule has 2 aliphatic heterocycles. The van der Waals surface area contributed by atoms with Crippen molar-refractivity contribution in [2.24, 2.45) is 7.05 Å². The Hall–Kier alpha value is -4.10. The van der Waals surface area contributed by atoms with Crippen molar-refractivity contribution in [2.45, 2.75) is 64.2 Å². The number of aliphatic carboxylic acids is 1. The summed E-state index contributed by atoms with van der Waals surface area (Å²) in [5.74, 6) is -0.721. The molecule has 1 atom stereocenters. The van der Waals surface area contributed by atoms with E-state index in [2.05, 4.69) is 11.1 Å². The van der Waals surface area contributed by atoms with Crippen LogP contribution in [-0.4, -0.2) is 91.4 Å². The average molecular weight is 717 g/mol. The molecule has 0 saturated carbocycles. The molecule has 0 aliphatic carbocycles. The number of carboxylic acid groups (broad SMARTS) is 1. The van der Waals surface area contributed by atoms with Gasteiger partial charge in [0.15, 0.2) is 11.8 Å². The first-order chi connectivity index (χ1) is 23.8. The predicted molar refractivity (Wildman–Crippen MR) is 195 cm³/mol. The Morgan fingerprint density at radius 1 is 1.10 bits per heavy atom. The van der Waals surface area contributed by atoms with E-state index in [1.165, 1.54) is 24.0 Å². The van der Waals surface area contributed by atoms with Gasteiger partial charge in [0.05, 0.1) is 29.1 Å². The highest BCUT2D eigenvalue weighted by Crippen LogP contribution is 2.44. The molecule has 5 aromatic rings. The number of rotatable bonds is 7. The van der Waals surface area contributed by atoms with Gasteiger partial charge >= 0.3 is 12.1 Å². The Morgan fingerprint density at radius 3 is 2.44 bits per heavy atom. The lowest BCUT2D eigenvalue weighted by Gasteiger charge is -2.46. The number of likely N-dealkylation sites (tertiary alicyclic amines) is 2. The van der Waals surface area contributed by atoms with E-state index in [9.17, 15) is 14.7 Å². The van der Waals surface area contributed by atoms with Crippen LogP contribution in [0.2, 0.25) is 5.02 Å². The molecule has 262 valence electrons. The first kappa shape index (κ1) is 34.4. The first-order valence-electron chi connectivity index (χ1n) is 16.8. The molecule has 2 aromatic carbocycles. The van der Waals surface area contributed by atoms with E-state index in [4.69, 9.17) is 36.0 Å². The van der Waals surface area contributed by atoms with Gasteiger partial charge in [0, 0.05) is 54.1 Å². The number of benzene rings is 2. The van der Waals surface area contributed by atoms with E-state index in [0.717, 1.165) is 64.0 Å². The number of methoxy groups -OCH3 is 1. The highest BCUT2D eigenvalue weighted by atomic mass is 35.5. The molecule has 50 heavy (non-hydrogen) atoms. The van der Waals surface area contributed by atoms with E-state index >= 15 is 0 Å². The highest BCUT2D eigenvalue weighted by molar-refractivity contribution is 7.22. The summed E-state index contributed by atoms with van der Waals surface area (Å²) < 4.78 is 13.9. The topological polar surface area (TPSA) is 123 Å². The van der Waals surface area contributed by atoms with Gasteiger partial charge in [-0.05, 0) is 88.9 Å². The fourth-order valence-corrected chi connectivity index (χ4v) is 8.46. The molecule has 2 fully saturated rings. The lowest BCUT2D eigenvalue weighted by molar-refractivity contribution is -0.160. The molecule has 0 unspecified atom stereocenters. The van der Waals surface area contributed by atoms with Crippen molar-refractivity contribution in [3.05, 3.63) is 64.4 Å². The monoisotopic (exact) mass is 716 g/mol. The van der Waals surface area contributed by atoms with Crippen LogP contribution in [0.4, 0.5) is 4.79 Å². The molecule has 2 saturated heterocycles. The number of fused-ring (bicyclic) bond motifs is 2. The Bertz CT molecular complexity index is 2090. The summed E-state index contributed by atoms with van der Waals surface area (Å²) >= 11 is 7.75. The Kier molecular flexibility index (Phi) is 9.08. The SMILES string of the molecule is COC(=O)N1CC(N2CCC(c3cn(C)c4ncc(-c5nc6cc(C)c([C@H](OC(C)(C)C)C(=O)O)c(-c7ccc(Cl)cc7)c6s5)nc34)CC2)C1. The summed E-state index contributed by atoms with van der Waals surface area (Å²) in [5, 5.41) is 11.7. The zero-order chi connectivity index (χ0) is 35.5. The summed E-state index contributed by atoms with van der Waals surface area (Å²) in [6.07, 6.45) is 4.47. The second kappa shape index (κ2) is 13.2. The number of hydrogen-bond donors (Lipinski definition) is 1. The van der Waals surface area contributed by atoms with Crippen molar-refractivity contribution >= 4 is 56.4 Å². The third-order valence-corrected chi connectivity index (χ3v) is 11.1. The van der Waals surface area contributed by atoms with Crippen molar-refractivity contribution < 1.29 is 24.2 Å². The zero-order valence-corrected chi connectivity index (χ0v) is 30.6. The van der Waals surface area contributed by atoms with Gasteiger partial charge in [-0.15, -0.1) is 11.3 Å². The van der Waals surface area contributed by atoms with Crippen LogP contribution in [0.1, 0.15) is 62.3 Å². The molecular weight excluding hydrogens is 676 g/mol. The van der Waals surface area contributed by atoms with E-state index in [0.29, 0.717) is 46.3 Å². The molecule has 5 heterocycles. The van der Waals surface area contributed by atoms with Crippen molar-refractivity contribution in [2.75, 3.05) is 33.3 Å². The Labute approximate surface area is 299 Å². The van der Waals surface area contributed by atoms with Gasteiger partial charge in [-0.25, -0.2) is 24.5 Å². The van der Waals surface area contributed by atoms with Gasteiger partial charge < -0.3 is 24.0 Å². The van der Waals surface area contributed by atoms with Crippen LogP contribution in [0.3, 0.4) is 0 Å². The molecule has 0 radical (unpaired) electrons. The van der Waals surface area contributed by atoms with Crippen molar-refractivity contribution in [1.29, 1.82) is 0 Å². The maximum Gasteiger partial charge on any atom is 0.409 e. The Morgan fingerprint density at radius 2 is 1.80 bits per heavy atom. The van der Waals surface area contributed by atoms with Crippen LogP contribution in [0.25, 0.3) is 43.2 Å². The number of halogens is 1. The zero-order valence-electron chi connectivity index (χ0n) is 29.1. The summed E-state index contributed by atoms with van der Waals surface area (Å²) in [7, 11) is 3.43. The number of carbonyl (C=O) groups excluding carboxylic acids is 1. The molecule has 2 aliphatic rings. The maximum absolute atomic E-state index is 12.7. The number of aryl methyl sites for hydroxylation is 2. The molecule has 0 bridgehead atoms. The fourth-order valence-electron chi connectivity index (χ4n) is 7.26. The average Bonchev–Trinajstić information content (AvgIpc) is 3.63. The number of amides is 1. The minimum Gasteiger partial charge on any atom is -0.479 e. The molecular formula is C37H41ClN6O5S. The summed E-state index contributed by atoms with van der Waals surface area (Å²) in [4.78, 5) is 43.9. The second-order valence-electron chi connectivity index (χ2n) is 14.3. The van der Waals surface area contributed by atoms with Gasteiger partial charge in [0.1, 0.15) is 16.2 Å². The van der Waals surface area contributed by atoms with Crippen molar-refractivity contribution in [1.82, 2.24) is 29.3 Å². The van der Waals surface area contributed by atoms with Gasteiger partial charge in [0.25, 0.3) is 0 Å². The maximum atomic E-state index is 12.7. The number of nitrogens with zero attached hydrogens (tertiary/aromatic N) is 6. The van der Waals surface area contributed by atoms with Crippen LogP contribution in [0.5, 0.6) is 0 Å². The number of ether oxygens (including phenoxy) is 2. The van der Waals surface area contributed by atoms with Gasteiger partial charge in [0.2, 0.25) is 0 Å². The molecule has 7 rings (SSSR count). The number of hydrogen-bond acceptors (Lipinski definition) is 9. The van der Waals surface area contributed by atoms with Crippen molar-refractivity contribution in [3.8, 4) is 21.8 Å². The smallest absolute Gasteiger partial charge is 0.409 e. The summed E-state index contributed by atoms with van der Waals surface area (Å²) in [6, 6.07) is 9.74. The Balaban J connectivity index is 1.25. The summed E-state index contributed by atoms with van der Waals surface area (Å²) in [5.41, 5.74) is 6.57. The molecule has 11 nitrogen and oxygen atoms in total. The molecule has 3 aromatic heterocycles. The van der Waals surface area contributed by atoms with Crippen molar-refractivity contribution in [3.63, 3.8) is 0 Å². The number of aromatic nitrogens is 4. The number of carboxylic acids is 1. The van der Waals surface area contributed by atoms with Crippen LogP contribution in [-0.2, 0) is 21.3 Å². The molecule has 13 heteroatoms. The minimum absolute atomic E-state index is 0.259. The minimum atomic E-state index is -1.19. The summed E-state index contributed by atoms with van der Waals surface area (Å²) in [6.45, 7) is 10.8. The number of thiazole rings is 1. The van der Waals surface area contributed by atoms with Crippen LogP contribution in [0, 0.1) is 6.92 Å². The van der Waals surface area contributed by atoms with E-state index in [-0.39, 0.29) is 6.09 Å². The van der Waals surface area contributed by atoms with Gasteiger partial charge in [-0.3, -0.25) is 4.90 Å². The number of piperidine rings is 1. The molecule has 0 spiro atoms. The normalized spacial score (nSPS) is 17.0. The van der Waals surface area contributed by atoms with Gasteiger partial charge in [-0.2, -0.15) is 0 Å². The number of carbonyl (C=O) groups is 2. The third-order valence-electron chi connectivity index (χ3n) is 9.71. The lowest BCUT2D eigenvalue weighted by Crippen LogP contribution is -2.62. The highest BCUT2D eigenvalue weighted by Gasteiger charge is 2.38. The predicted octanol–water partition coefficient (Wildman–Crippen LogP) is 7.44. The van der Waals surface area contributed by atoms with E-state index in [1.807, 2.05) is 57.5 Å². The third kappa shape index (κ3) is 6.45. The van der Waals surface area contributed by atoms with Crippen LogP contribution in [0.15, 0.2) is 42.7 Å². The van der Waals surface area contributed by atoms with Crippen LogP contribution >= 0.6 is 22.9 Å². The standard InChI is InChI=1S/C37H41ClN6O5S/c1-20-15-26-32(29(22-7-9-23(38)10-8-22)28(20)31(35(45)46)49-37(2,3)4)50-34(41-26)27-16-39-33-30(40-27)25(19-42(33)5)21-11-13-43(14-12-21)24-17-44(18-24)36(47)48-6/h7-10,15-16,19,21,24,31H,11-14,17-18H2,1-6H3,(H,45,46)/t31-/m0/s1. The quantitative estimate of drug-likeness (QED) is 0.183. The van der Waals surface area contributed by atoms with E-state index in [1.54, 1.807) is 23.2 Å². The van der Waals surface area contributed by atoms with Gasteiger partial charge in [-0.1, -0.05) is 23.7 Å². The van der Waals surface area contributed by atoms with E-state index < -0.39 is 17.7 Å². The lowest BCUT2D eigenvalue weighted by atomic mass is 9.89. The fraction of sp³-hybridized carbons (Fsp3) is 0.432. The second-order valence-corrected chi connectivity index (χ2v) is 15.7. The van der Waals surface area contributed by atoms with Crippen LogP contribution < -0.4 is 0 Å². The largest absolute Gasteiger partial charge is 0.479 e. The first-order valence-corrected chi connectivity index (χ1v) is 18.0.